The molecule has 0 aliphatic carbocycles. The molecule has 2 atom stereocenters. The van der Waals surface area contributed by atoms with Crippen LogP contribution in [0, 0.1) is 17.8 Å². The summed E-state index contributed by atoms with van der Waals surface area (Å²) in [7, 11) is 1.73. The van der Waals surface area contributed by atoms with Gasteiger partial charge in [-0.05, 0) is 55.0 Å². The Morgan fingerprint density at radius 1 is 1.15 bits per heavy atom. The van der Waals surface area contributed by atoms with Gasteiger partial charge in [-0.25, -0.2) is 0 Å². The molecule has 0 amide bonds. The molecule has 0 aliphatic rings. The van der Waals surface area contributed by atoms with Crippen molar-refractivity contribution in [3.05, 3.63) is 29.8 Å². The lowest BCUT2D eigenvalue weighted by Gasteiger charge is -2.24. The van der Waals surface area contributed by atoms with E-state index in [0.717, 1.165) is 31.2 Å². The normalized spacial score (nSPS) is 14.3. The molecule has 0 saturated heterocycles. The first kappa shape index (κ1) is 17.0. The maximum absolute atomic E-state index is 5.32. The largest absolute Gasteiger partial charge is 0.497 e. The van der Waals surface area contributed by atoms with E-state index >= 15 is 0 Å². The lowest BCUT2D eigenvalue weighted by molar-refractivity contribution is 0.323. The molecular formula is C18H31NO. The van der Waals surface area contributed by atoms with Gasteiger partial charge in [0.25, 0.3) is 0 Å². The molecule has 0 bridgehead atoms. The van der Waals surface area contributed by atoms with E-state index < -0.39 is 0 Å². The summed E-state index contributed by atoms with van der Waals surface area (Å²) in [6.45, 7) is 11.4. The molecule has 1 aromatic carbocycles. The summed E-state index contributed by atoms with van der Waals surface area (Å²) in [5.74, 6) is 3.09. The van der Waals surface area contributed by atoms with Gasteiger partial charge in [-0.3, -0.25) is 0 Å². The Morgan fingerprint density at radius 2 is 1.90 bits per heavy atom. The van der Waals surface area contributed by atoms with Gasteiger partial charge < -0.3 is 10.1 Å². The zero-order valence-corrected chi connectivity index (χ0v) is 13.8. The highest BCUT2D eigenvalue weighted by Crippen LogP contribution is 2.22. The topological polar surface area (TPSA) is 21.3 Å². The van der Waals surface area contributed by atoms with Crippen molar-refractivity contribution in [3.63, 3.8) is 0 Å². The molecule has 1 N–H and O–H groups in total. The van der Waals surface area contributed by atoms with Gasteiger partial charge in [-0.2, -0.15) is 0 Å². The lowest BCUT2D eigenvalue weighted by Crippen LogP contribution is -2.31. The number of methoxy groups -OCH3 is 1. The third-order valence-corrected chi connectivity index (χ3v) is 4.04. The van der Waals surface area contributed by atoms with Crippen molar-refractivity contribution in [2.45, 2.75) is 40.5 Å². The highest BCUT2D eigenvalue weighted by atomic mass is 16.5. The molecule has 0 radical (unpaired) electrons. The smallest absolute Gasteiger partial charge is 0.119 e. The van der Waals surface area contributed by atoms with Crippen molar-refractivity contribution in [1.29, 1.82) is 0 Å². The first-order valence-corrected chi connectivity index (χ1v) is 7.90. The van der Waals surface area contributed by atoms with Gasteiger partial charge in [0.05, 0.1) is 7.11 Å². The van der Waals surface area contributed by atoms with E-state index in [9.17, 15) is 0 Å². The van der Waals surface area contributed by atoms with E-state index in [2.05, 4.69) is 51.2 Å². The molecule has 0 heterocycles. The van der Waals surface area contributed by atoms with E-state index in [-0.39, 0.29) is 0 Å². The maximum Gasteiger partial charge on any atom is 0.119 e. The fourth-order valence-electron chi connectivity index (χ4n) is 2.47. The van der Waals surface area contributed by atoms with Gasteiger partial charge >= 0.3 is 0 Å². The molecule has 0 spiro atoms. The number of benzene rings is 1. The highest BCUT2D eigenvalue weighted by Gasteiger charge is 2.16. The SMILES string of the molecule is CCC(C)C(CNCC(C)C)Cc1cccc(OC)c1. The van der Waals surface area contributed by atoms with E-state index in [1.54, 1.807) is 7.11 Å². The second-order valence-corrected chi connectivity index (χ2v) is 6.25. The van der Waals surface area contributed by atoms with Crippen LogP contribution in [0.25, 0.3) is 0 Å². The predicted octanol–water partition coefficient (Wildman–Crippen LogP) is 4.15. The number of hydrogen-bond acceptors (Lipinski definition) is 2. The van der Waals surface area contributed by atoms with Crippen molar-refractivity contribution < 1.29 is 4.74 Å². The Hall–Kier alpha value is -1.02. The molecule has 114 valence electrons. The first-order chi connectivity index (χ1) is 9.56. The summed E-state index contributed by atoms with van der Waals surface area (Å²) < 4.78 is 5.32. The summed E-state index contributed by atoms with van der Waals surface area (Å²) >= 11 is 0. The van der Waals surface area contributed by atoms with E-state index in [0.29, 0.717) is 11.8 Å². The quantitative estimate of drug-likeness (QED) is 0.732. The van der Waals surface area contributed by atoms with Crippen LogP contribution in [0.15, 0.2) is 24.3 Å². The Balaban J connectivity index is 2.63. The fraction of sp³-hybridized carbons (Fsp3) is 0.667. The highest BCUT2D eigenvalue weighted by molar-refractivity contribution is 5.28. The van der Waals surface area contributed by atoms with Gasteiger partial charge in [-0.15, -0.1) is 0 Å². The molecule has 2 unspecified atom stereocenters. The molecule has 0 saturated carbocycles. The molecule has 2 heteroatoms. The average molecular weight is 277 g/mol. The van der Waals surface area contributed by atoms with Crippen LogP contribution in [0.4, 0.5) is 0 Å². The summed E-state index contributed by atoms with van der Waals surface area (Å²) in [6, 6.07) is 8.47. The summed E-state index contributed by atoms with van der Waals surface area (Å²) in [5.41, 5.74) is 1.38. The third kappa shape index (κ3) is 5.96. The minimum atomic E-state index is 0.686. The Morgan fingerprint density at radius 3 is 2.50 bits per heavy atom. The Bertz CT molecular complexity index is 375. The van der Waals surface area contributed by atoms with Crippen molar-refractivity contribution >= 4 is 0 Å². The number of hydrogen-bond donors (Lipinski definition) is 1. The van der Waals surface area contributed by atoms with Crippen LogP contribution in [0.1, 0.15) is 39.7 Å². The molecule has 1 aromatic rings. The van der Waals surface area contributed by atoms with Crippen molar-refractivity contribution in [1.82, 2.24) is 5.32 Å². The van der Waals surface area contributed by atoms with Gasteiger partial charge in [0.2, 0.25) is 0 Å². The molecule has 20 heavy (non-hydrogen) atoms. The van der Waals surface area contributed by atoms with E-state index in [1.165, 1.54) is 12.0 Å². The van der Waals surface area contributed by atoms with Gasteiger partial charge in [0, 0.05) is 0 Å². The zero-order chi connectivity index (χ0) is 15.0. The summed E-state index contributed by atoms with van der Waals surface area (Å²) in [5, 5.41) is 3.62. The molecule has 2 nitrogen and oxygen atoms in total. The maximum atomic E-state index is 5.32. The molecule has 1 rings (SSSR count). The minimum absolute atomic E-state index is 0.686. The number of nitrogens with one attached hydrogen (secondary N) is 1. The van der Waals surface area contributed by atoms with Gasteiger partial charge in [-0.1, -0.05) is 46.2 Å². The molecule has 0 aromatic heterocycles. The third-order valence-electron chi connectivity index (χ3n) is 4.04. The van der Waals surface area contributed by atoms with Gasteiger partial charge in [0.1, 0.15) is 5.75 Å². The van der Waals surface area contributed by atoms with Crippen molar-refractivity contribution in [2.24, 2.45) is 17.8 Å². The van der Waals surface area contributed by atoms with Crippen LogP contribution in [-0.4, -0.2) is 20.2 Å². The van der Waals surface area contributed by atoms with Crippen LogP contribution >= 0.6 is 0 Å². The number of ether oxygens (including phenoxy) is 1. The van der Waals surface area contributed by atoms with Crippen molar-refractivity contribution in [2.75, 3.05) is 20.2 Å². The summed E-state index contributed by atoms with van der Waals surface area (Å²) in [4.78, 5) is 0. The van der Waals surface area contributed by atoms with Crippen LogP contribution in [0.5, 0.6) is 5.75 Å². The predicted molar refractivity (Wildman–Crippen MR) is 87.4 cm³/mol. The van der Waals surface area contributed by atoms with E-state index in [4.69, 9.17) is 4.74 Å². The van der Waals surface area contributed by atoms with Crippen LogP contribution in [-0.2, 0) is 6.42 Å². The van der Waals surface area contributed by atoms with E-state index in [1.807, 2.05) is 6.07 Å². The van der Waals surface area contributed by atoms with Crippen LogP contribution in [0.3, 0.4) is 0 Å². The lowest BCUT2D eigenvalue weighted by atomic mass is 9.86. The number of rotatable bonds is 9. The standard InChI is InChI=1S/C18H31NO/c1-6-15(4)17(13-19-12-14(2)3)10-16-8-7-9-18(11-16)20-5/h7-9,11,14-15,17,19H,6,10,12-13H2,1-5H3. The molecule has 0 fully saturated rings. The Labute approximate surface area is 124 Å². The molecular weight excluding hydrogens is 246 g/mol. The second kappa shape index (κ2) is 9.02. The first-order valence-electron chi connectivity index (χ1n) is 7.90. The monoisotopic (exact) mass is 277 g/mol. The van der Waals surface area contributed by atoms with Crippen LogP contribution in [0.2, 0.25) is 0 Å². The zero-order valence-electron chi connectivity index (χ0n) is 13.8. The van der Waals surface area contributed by atoms with Crippen LogP contribution < -0.4 is 10.1 Å². The molecule has 0 aliphatic heterocycles. The average Bonchev–Trinajstić information content (AvgIpc) is 2.45. The Kier molecular flexibility index (Phi) is 7.68. The minimum Gasteiger partial charge on any atom is -0.497 e. The second-order valence-electron chi connectivity index (χ2n) is 6.25. The van der Waals surface area contributed by atoms with Crippen molar-refractivity contribution in [3.8, 4) is 5.75 Å². The fourth-order valence-corrected chi connectivity index (χ4v) is 2.47. The summed E-state index contributed by atoms with van der Waals surface area (Å²) in [6.07, 6.45) is 2.36. The van der Waals surface area contributed by atoms with Gasteiger partial charge in [0.15, 0.2) is 0 Å².